The van der Waals surface area contributed by atoms with Crippen LogP contribution in [0.4, 0.5) is 5.69 Å². The average Bonchev–Trinajstić information content (AvgIpc) is 2.67. The summed E-state index contributed by atoms with van der Waals surface area (Å²) in [7, 11) is 0. The Morgan fingerprint density at radius 2 is 2.22 bits per heavy atom. The molecule has 96 valence electrons. The van der Waals surface area contributed by atoms with Crippen LogP contribution in [-0.2, 0) is 13.0 Å². The minimum Gasteiger partial charge on any atom is -0.476 e. The van der Waals surface area contributed by atoms with Crippen molar-refractivity contribution in [2.24, 2.45) is 0 Å². The van der Waals surface area contributed by atoms with Crippen molar-refractivity contribution in [2.45, 2.75) is 26.8 Å². The molecule has 2 heterocycles. The Bertz CT molecular complexity index is 507. The molecule has 5 heteroatoms. The Kier molecular flexibility index (Phi) is 3.82. The molecule has 0 aliphatic heterocycles. The van der Waals surface area contributed by atoms with Gasteiger partial charge in [0.15, 0.2) is 0 Å². The summed E-state index contributed by atoms with van der Waals surface area (Å²) in [4.78, 5) is 4.25. The lowest BCUT2D eigenvalue weighted by Gasteiger charge is -2.08. The number of hydrogen-bond donors (Lipinski definition) is 1. The molecule has 0 unspecified atom stereocenters. The van der Waals surface area contributed by atoms with E-state index in [4.69, 9.17) is 10.5 Å². The molecule has 2 aromatic heterocycles. The fraction of sp³-hybridized carbons (Fsp3) is 0.385. The average molecular weight is 246 g/mol. The maximum absolute atomic E-state index is 5.93. The molecular formula is C13H18N4O. The van der Waals surface area contributed by atoms with Gasteiger partial charge in [-0.25, -0.2) is 4.68 Å². The highest BCUT2D eigenvalue weighted by atomic mass is 16.5. The monoisotopic (exact) mass is 246 g/mol. The summed E-state index contributed by atoms with van der Waals surface area (Å²) in [5.74, 6) is 0.658. The molecule has 0 aliphatic rings. The molecule has 0 saturated heterocycles. The van der Waals surface area contributed by atoms with Crippen molar-refractivity contribution in [2.75, 3.05) is 12.3 Å². The van der Waals surface area contributed by atoms with E-state index in [1.807, 2.05) is 32.0 Å². The Balaban J connectivity index is 1.98. The molecule has 0 atom stereocenters. The number of ether oxygens (including phenoxy) is 1. The minimum atomic E-state index is 0.548. The van der Waals surface area contributed by atoms with Crippen LogP contribution in [0, 0.1) is 6.92 Å². The standard InChI is InChI=1S/C13H18N4O/c1-3-17-13(12(14)10(2)16-17)18-9-7-11-6-4-5-8-15-11/h4-6,8H,3,7,9,14H2,1-2H3. The van der Waals surface area contributed by atoms with Crippen LogP contribution in [0.2, 0.25) is 0 Å². The van der Waals surface area contributed by atoms with Gasteiger partial charge in [-0.05, 0) is 26.0 Å². The third-order valence-electron chi connectivity index (χ3n) is 2.75. The molecule has 0 radical (unpaired) electrons. The number of rotatable bonds is 5. The zero-order valence-corrected chi connectivity index (χ0v) is 10.8. The van der Waals surface area contributed by atoms with Crippen LogP contribution >= 0.6 is 0 Å². The predicted octanol–water partition coefficient (Wildman–Crippen LogP) is 1.81. The first-order valence-corrected chi connectivity index (χ1v) is 6.08. The molecule has 0 aromatic carbocycles. The number of anilines is 1. The highest BCUT2D eigenvalue weighted by molar-refractivity contribution is 5.52. The van der Waals surface area contributed by atoms with E-state index in [0.717, 1.165) is 24.4 Å². The van der Waals surface area contributed by atoms with Gasteiger partial charge in [0.05, 0.1) is 12.3 Å². The maximum Gasteiger partial charge on any atom is 0.236 e. The van der Waals surface area contributed by atoms with Gasteiger partial charge < -0.3 is 10.5 Å². The lowest BCUT2D eigenvalue weighted by atomic mass is 10.3. The van der Waals surface area contributed by atoms with Gasteiger partial charge in [0, 0.05) is 24.9 Å². The molecule has 0 aliphatic carbocycles. The first kappa shape index (κ1) is 12.4. The van der Waals surface area contributed by atoms with Crippen molar-refractivity contribution >= 4 is 5.69 Å². The molecule has 18 heavy (non-hydrogen) atoms. The summed E-state index contributed by atoms with van der Waals surface area (Å²) in [6.45, 7) is 5.19. The molecule has 0 amide bonds. The van der Waals surface area contributed by atoms with Crippen LogP contribution < -0.4 is 10.5 Å². The van der Waals surface area contributed by atoms with Crippen molar-refractivity contribution < 1.29 is 4.74 Å². The molecule has 5 nitrogen and oxygen atoms in total. The molecule has 0 saturated carbocycles. The van der Waals surface area contributed by atoms with Crippen LogP contribution in [0.1, 0.15) is 18.3 Å². The van der Waals surface area contributed by atoms with E-state index in [1.165, 1.54) is 0 Å². The molecule has 0 fully saturated rings. The predicted molar refractivity (Wildman–Crippen MR) is 70.5 cm³/mol. The summed E-state index contributed by atoms with van der Waals surface area (Å²) in [5, 5.41) is 4.31. The van der Waals surface area contributed by atoms with E-state index in [1.54, 1.807) is 10.9 Å². The van der Waals surface area contributed by atoms with Gasteiger partial charge >= 0.3 is 0 Å². The molecule has 2 rings (SSSR count). The fourth-order valence-electron chi connectivity index (χ4n) is 1.74. The topological polar surface area (TPSA) is 66.0 Å². The van der Waals surface area contributed by atoms with E-state index >= 15 is 0 Å². The molecule has 2 aromatic rings. The smallest absolute Gasteiger partial charge is 0.236 e. The largest absolute Gasteiger partial charge is 0.476 e. The second-order valence-corrected chi connectivity index (χ2v) is 4.04. The number of hydrogen-bond acceptors (Lipinski definition) is 4. The van der Waals surface area contributed by atoms with Gasteiger partial charge in [0.25, 0.3) is 0 Å². The first-order chi connectivity index (χ1) is 8.72. The highest BCUT2D eigenvalue weighted by Crippen LogP contribution is 2.24. The van der Waals surface area contributed by atoms with Crippen LogP contribution in [0.25, 0.3) is 0 Å². The maximum atomic E-state index is 5.93. The second-order valence-electron chi connectivity index (χ2n) is 4.04. The number of nitrogens with zero attached hydrogens (tertiary/aromatic N) is 3. The Morgan fingerprint density at radius 3 is 2.89 bits per heavy atom. The van der Waals surface area contributed by atoms with Gasteiger partial charge in [0.2, 0.25) is 5.88 Å². The van der Waals surface area contributed by atoms with Crippen LogP contribution in [0.15, 0.2) is 24.4 Å². The molecular weight excluding hydrogens is 228 g/mol. The van der Waals surface area contributed by atoms with E-state index in [-0.39, 0.29) is 0 Å². The lowest BCUT2D eigenvalue weighted by molar-refractivity contribution is 0.289. The van der Waals surface area contributed by atoms with Gasteiger partial charge in [-0.15, -0.1) is 0 Å². The van der Waals surface area contributed by atoms with Crippen molar-refractivity contribution in [3.05, 3.63) is 35.8 Å². The number of aryl methyl sites for hydroxylation is 2. The van der Waals surface area contributed by atoms with Crippen LogP contribution in [0.3, 0.4) is 0 Å². The minimum absolute atomic E-state index is 0.548. The zero-order chi connectivity index (χ0) is 13.0. The second kappa shape index (κ2) is 5.53. The number of nitrogen functional groups attached to an aromatic ring is 1. The van der Waals surface area contributed by atoms with Crippen molar-refractivity contribution in [3.8, 4) is 5.88 Å². The van der Waals surface area contributed by atoms with Crippen molar-refractivity contribution in [3.63, 3.8) is 0 Å². The number of nitrogens with two attached hydrogens (primary N) is 1. The summed E-state index contributed by atoms with van der Waals surface area (Å²) in [6.07, 6.45) is 2.54. The molecule has 2 N–H and O–H groups in total. The Labute approximate surface area is 107 Å². The first-order valence-electron chi connectivity index (χ1n) is 6.08. The van der Waals surface area contributed by atoms with Gasteiger partial charge in [-0.1, -0.05) is 6.07 Å². The normalized spacial score (nSPS) is 10.6. The highest BCUT2D eigenvalue weighted by Gasteiger charge is 2.12. The van der Waals surface area contributed by atoms with E-state index in [0.29, 0.717) is 18.2 Å². The van der Waals surface area contributed by atoms with Crippen LogP contribution in [0.5, 0.6) is 5.88 Å². The molecule has 0 bridgehead atoms. The summed E-state index contributed by atoms with van der Waals surface area (Å²) >= 11 is 0. The number of aromatic nitrogens is 3. The van der Waals surface area contributed by atoms with Gasteiger partial charge in [0.1, 0.15) is 5.69 Å². The third kappa shape index (κ3) is 2.61. The van der Waals surface area contributed by atoms with Gasteiger partial charge in [-0.3, -0.25) is 4.98 Å². The SMILES string of the molecule is CCn1nc(C)c(N)c1OCCc1ccccn1. The molecule has 0 spiro atoms. The summed E-state index contributed by atoms with van der Waals surface area (Å²) in [5.41, 5.74) is 8.38. The van der Waals surface area contributed by atoms with E-state index in [9.17, 15) is 0 Å². The fourth-order valence-corrected chi connectivity index (χ4v) is 1.74. The van der Waals surface area contributed by atoms with E-state index in [2.05, 4.69) is 10.1 Å². The van der Waals surface area contributed by atoms with Crippen LogP contribution in [-0.4, -0.2) is 21.4 Å². The Hall–Kier alpha value is -2.04. The van der Waals surface area contributed by atoms with E-state index < -0.39 is 0 Å². The Morgan fingerprint density at radius 1 is 1.39 bits per heavy atom. The third-order valence-corrected chi connectivity index (χ3v) is 2.75. The summed E-state index contributed by atoms with van der Waals surface area (Å²) in [6, 6.07) is 5.85. The quantitative estimate of drug-likeness (QED) is 0.873. The van der Waals surface area contributed by atoms with Gasteiger partial charge in [-0.2, -0.15) is 5.10 Å². The van der Waals surface area contributed by atoms with Crippen molar-refractivity contribution in [1.29, 1.82) is 0 Å². The van der Waals surface area contributed by atoms with Crippen molar-refractivity contribution in [1.82, 2.24) is 14.8 Å². The number of pyridine rings is 1. The lowest BCUT2D eigenvalue weighted by Crippen LogP contribution is -2.08. The summed E-state index contributed by atoms with van der Waals surface area (Å²) < 4.78 is 7.50. The zero-order valence-electron chi connectivity index (χ0n) is 10.8.